The molecule has 0 aliphatic carbocycles. The molecule has 1 amide bonds. The molecule has 3 rings (SSSR count). The number of rotatable bonds is 5. The topological polar surface area (TPSA) is 58.1 Å². The van der Waals surface area contributed by atoms with E-state index in [0.29, 0.717) is 23.5 Å². The number of amides is 1. The Morgan fingerprint density at radius 2 is 1.63 bits per heavy atom. The lowest BCUT2D eigenvalue weighted by atomic mass is 9.93. The third-order valence-electron chi connectivity index (χ3n) is 5.08. The van der Waals surface area contributed by atoms with Gasteiger partial charge in [-0.2, -0.15) is 0 Å². The minimum atomic E-state index is 0.00211. The summed E-state index contributed by atoms with van der Waals surface area (Å²) in [7, 11) is 0. The molecule has 5 heteroatoms. The van der Waals surface area contributed by atoms with Crippen molar-refractivity contribution in [2.75, 3.05) is 18.4 Å². The number of hydrogen-bond donors (Lipinski definition) is 1. The van der Waals surface area contributed by atoms with Crippen molar-refractivity contribution >= 4 is 17.5 Å². The lowest BCUT2D eigenvalue weighted by Crippen LogP contribution is -2.28. The quantitative estimate of drug-likeness (QED) is 0.808. The number of aromatic nitrogens is 2. The van der Waals surface area contributed by atoms with Crippen molar-refractivity contribution in [1.29, 1.82) is 0 Å². The molecule has 1 aliphatic rings. The van der Waals surface area contributed by atoms with E-state index in [9.17, 15) is 4.79 Å². The minimum absolute atomic E-state index is 0.00211. The van der Waals surface area contributed by atoms with Gasteiger partial charge in [0.15, 0.2) is 0 Å². The van der Waals surface area contributed by atoms with Gasteiger partial charge < -0.3 is 10.2 Å². The summed E-state index contributed by atoms with van der Waals surface area (Å²) in [5, 5.41) is 3.44. The molecule has 2 aromatic rings. The summed E-state index contributed by atoms with van der Waals surface area (Å²) < 4.78 is 0. The summed E-state index contributed by atoms with van der Waals surface area (Å²) in [5.74, 6) is 1.25. The number of likely N-dealkylation sites (tertiary alicyclic amines) is 1. The molecule has 1 aromatic heterocycles. The van der Waals surface area contributed by atoms with E-state index in [-0.39, 0.29) is 5.91 Å². The van der Waals surface area contributed by atoms with Crippen LogP contribution in [-0.2, 0) is 0 Å². The Morgan fingerprint density at radius 1 is 1.04 bits per heavy atom. The maximum absolute atomic E-state index is 12.8. The Balaban J connectivity index is 1.97. The third-order valence-corrected chi connectivity index (χ3v) is 5.08. The molecule has 1 N–H and O–H groups in total. The summed E-state index contributed by atoms with van der Waals surface area (Å²) in [6, 6.07) is 8.18. The van der Waals surface area contributed by atoms with Gasteiger partial charge in [-0.05, 0) is 48.8 Å². The predicted octanol–water partition coefficient (Wildman–Crippen LogP) is 5.01. The van der Waals surface area contributed by atoms with Crippen molar-refractivity contribution in [3.05, 3.63) is 46.8 Å². The van der Waals surface area contributed by atoms with E-state index in [1.165, 1.54) is 11.1 Å². The SMILES string of the molecule is Cc1cc(C(=O)N2CCCC2)nc(Nc2c(C(C)C)cccc2C(C)C)n1. The van der Waals surface area contributed by atoms with E-state index in [0.717, 1.165) is 37.3 Å². The van der Waals surface area contributed by atoms with Crippen molar-refractivity contribution < 1.29 is 4.79 Å². The second-order valence-corrected chi connectivity index (χ2v) is 7.96. The number of nitrogens with one attached hydrogen (secondary N) is 1. The van der Waals surface area contributed by atoms with Crippen molar-refractivity contribution in [1.82, 2.24) is 14.9 Å². The Kier molecular flexibility index (Phi) is 5.78. The van der Waals surface area contributed by atoms with Crippen LogP contribution in [0.1, 0.15) is 79.7 Å². The number of carbonyl (C=O) groups is 1. The minimum Gasteiger partial charge on any atom is -0.337 e. The fraction of sp³-hybridized carbons (Fsp3) is 0.500. The van der Waals surface area contributed by atoms with E-state index >= 15 is 0 Å². The molecule has 1 fully saturated rings. The van der Waals surface area contributed by atoms with Gasteiger partial charge in [0.2, 0.25) is 5.95 Å². The van der Waals surface area contributed by atoms with Crippen LogP contribution < -0.4 is 5.32 Å². The largest absolute Gasteiger partial charge is 0.337 e. The van der Waals surface area contributed by atoms with E-state index in [4.69, 9.17) is 0 Å². The number of anilines is 2. The van der Waals surface area contributed by atoms with Gasteiger partial charge in [0.1, 0.15) is 5.69 Å². The first-order valence-electron chi connectivity index (χ1n) is 9.91. The van der Waals surface area contributed by atoms with Crippen LogP contribution >= 0.6 is 0 Å². The van der Waals surface area contributed by atoms with Crippen LogP contribution in [0.25, 0.3) is 0 Å². The van der Waals surface area contributed by atoms with Crippen molar-refractivity contribution in [2.45, 2.75) is 59.3 Å². The molecule has 0 radical (unpaired) electrons. The van der Waals surface area contributed by atoms with Gasteiger partial charge >= 0.3 is 0 Å². The number of para-hydroxylation sites is 1. The van der Waals surface area contributed by atoms with Gasteiger partial charge in [0, 0.05) is 24.5 Å². The highest BCUT2D eigenvalue weighted by molar-refractivity contribution is 5.93. The standard InChI is InChI=1S/C22H30N4O/c1-14(2)17-9-8-10-18(15(3)4)20(17)25-22-23-16(5)13-19(24-22)21(27)26-11-6-7-12-26/h8-10,13-15H,6-7,11-12H2,1-5H3,(H,23,24,25). The van der Waals surface area contributed by atoms with Crippen molar-refractivity contribution in [3.8, 4) is 0 Å². The molecular weight excluding hydrogens is 336 g/mol. The lowest BCUT2D eigenvalue weighted by molar-refractivity contribution is 0.0787. The number of carbonyl (C=O) groups excluding carboxylic acids is 1. The highest BCUT2D eigenvalue weighted by Gasteiger charge is 2.22. The molecule has 0 atom stereocenters. The molecule has 0 saturated carbocycles. The number of nitrogens with zero attached hydrogens (tertiary/aromatic N) is 3. The second kappa shape index (κ2) is 8.07. The monoisotopic (exact) mass is 366 g/mol. The summed E-state index contributed by atoms with van der Waals surface area (Å²) in [6.07, 6.45) is 2.14. The molecule has 2 heterocycles. The Morgan fingerprint density at radius 3 is 2.19 bits per heavy atom. The molecule has 5 nitrogen and oxygen atoms in total. The van der Waals surface area contributed by atoms with E-state index < -0.39 is 0 Å². The van der Waals surface area contributed by atoms with Crippen molar-refractivity contribution in [2.24, 2.45) is 0 Å². The molecule has 0 bridgehead atoms. The summed E-state index contributed by atoms with van der Waals surface area (Å²) in [6.45, 7) is 12.3. The first-order valence-corrected chi connectivity index (χ1v) is 9.91. The maximum atomic E-state index is 12.8. The molecule has 0 spiro atoms. The lowest BCUT2D eigenvalue weighted by Gasteiger charge is -2.21. The Labute approximate surface area is 162 Å². The highest BCUT2D eigenvalue weighted by Crippen LogP contribution is 2.34. The molecule has 0 unspecified atom stereocenters. The first kappa shape index (κ1) is 19.3. The van der Waals surface area contributed by atoms with Crippen LogP contribution in [-0.4, -0.2) is 33.9 Å². The summed E-state index contributed by atoms with van der Waals surface area (Å²) >= 11 is 0. The fourth-order valence-electron chi connectivity index (χ4n) is 3.62. The van der Waals surface area contributed by atoms with Crippen LogP contribution in [0.5, 0.6) is 0 Å². The van der Waals surface area contributed by atoms with Crippen LogP contribution in [0.2, 0.25) is 0 Å². The average molecular weight is 367 g/mol. The van der Waals surface area contributed by atoms with E-state index in [1.807, 2.05) is 11.8 Å². The number of aryl methyl sites for hydroxylation is 1. The third kappa shape index (κ3) is 4.29. The zero-order valence-electron chi connectivity index (χ0n) is 17.0. The molecule has 144 valence electrons. The normalized spacial score (nSPS) is 14.3. The van der Waals surface area contributed by atoms with Crippen LogP contribution in [0.4, 0.5) is 11.6 Å². The maximum Gasteiger partial charge on any atom is 0.272 e. The fourth-order valence-corrected chi connectivity index (χ4v) is 3.62. The Bertz CT molecular complexity index is 797. The van der Waals surface area contributed by atoms with E-state index in [2.05, 4.69) is 61.2 Å². The van der Waals surface area contributed by atoms with Gasteiger partial charge in [0.05, 0.1) is 0 Å². The van der Waals surface area contributed by atoms with Gasteiger partial charge in [-0.1, -0.05) is 45.9 Å². The van der Waals surface area contributed by atoms with Crippen LogP contribution in [0.3, 0.4) is 0 Å². The van der Waals surface area contributed by atoms with Gasteiger partial charge in [0.25, 0.3) is 5.91 Å². The highest BCUT2D eigenvalue weighted by atomic mass is 16.2. The van der Waals surface area contributed by atoms with Gasteiger partial charge in [-0.15, -0.1) is 0 Å². The molecule has 1 aromatic carbocycles. The van der Waals surface area contributed by atoms with Crippen LogP contribution in [0.15, 0.2) is 24.3 Å². The van der Waals surface area contributed by atoms with Gasteiger partial charge in [-0.25, -0.2) is 9.97 Å². The average Bonchev–Trinajstić information content (AvgIpc) is 3.15. The number of benzene rings is 1. The molecule has 1 aliphatic heterocycles. The molecular formula is C22H30N4O. The zero-order valence-corrected chi connectivity index (χ0v) is 17.0. The van der Waals surface area contributed by atoms with Crippen molar-refractivity contribution in [3.63, 3.8) is 0 Å². The smallest absolute Gasteiger partial charge is 0.272 e. The van der Waals surface area contributed by atoms with E-state index in [1.54, 1.807) is 6.07 Å². The molecule has 1 saturated heterocycles. The summed E-state index contributed by atoms with van der Waals surface area (Å²) in [5.41, 5.74) is 4.80. The predicted molar refractivity (Wildman–Crippen MR) is 110 cm³/mol. The first-order chi connectivity index (χ1) is 12.9. The number of hydrogen-bond acceptors (Lipinski definition) is 4. The molecule has 27 heavy (non-hydrogen) atoms. The van der Waals surface area contributed by atoms with Gasteiger partial charge in [-0.3, -0.25) is 4.79 Å². The summed E-state index contributed by atoms with van der Waals surface area (Å²) in [4.78, 5) is 23.8. The zero-order chi connectivity index (χ0) is 19.6. The Hall–Kier alpha value is -2.43. The van der Waals surface area contributed by atoms with Crippen LogP contribution in [0, 0.1) is 6.92 Å². The second-order valence-electron chi connectivity index (χ2n) is 7.96.